The van der Waals surface area contributed by atoms with Crippen molar-refractivity contribution in [2.75, 3.05) is 13.2 Å². The number of aryl methyl sites for hydroxylation is 1. The van der Waals surface area contributed by atoms with Crippen molar-refractivity contribution in [1.29, 1.82) is 0 Å². The first-order chi connectivity index (χ1) is 16.6. The molecule has 0 fully saturated rings. The summed E-state index contributed by atoms with van der Waals surface area (Å²) in [6, 6.07) is 23.7. The zero-order valence-corrected chi connectivity index (χ0v) is 21.6. The fraction of sp³-hybridized carbons (Fsp3) is 0.438. The van der Waals surface area contributed by atoms with Crippen LogP contribution < -0.4 is 9.47 Å². The monoisotopic (exact) mass is 458 g/mol. The van der Waals surface area contributed by atoms with Gasteiger partial charge in [-0.25, -0.2) is 0 Å². The zero-order valence-electron chi connectivity index (χ0n) is 21.6. The highest BCUT2D eigenvalue weighted by atomic mass is 16.5. The topological polar surface area (TPSA) is 18.5 Å². The lowest BCUT2D eigenvalue weighted by Crippen LogP contribution is -2.00. The fourth-order valence-electron chi connectivity index (χ4n) is 4.19. The molecule has 0 heterocycles. The minimum atomic E-state index is 0.781. The van der Waals surface area contributed by atoms with Gasteiger partial charge in [-0.2, -0.15) is 0 Å². The third-order valence-electron chi connectivity index (χ3n) is 6.65. The van der Waals surface area contributed by atoms with Gasteiger partial charge in [0.2, 0.25) is 0 Å². The Labute approximate surface area is 207 Å². The molecule has 0 saturated heterocycles. The molecule has 2 nitrogen and oxygen atoms in total. The summed E-state index contributed by atoms with van der Waals surface area (Å²) >= 11 is 0. The summed E-state index contributed by atoms with van der Waals surface area (Å²) < 4.78 is 11.8. The van der Waals surface area contributed by atoms with E-state index < -0.39 is 0 Å². The molecule has 0 unspecified atom stereocenters. The van der Waals surface area contributed by atoms with Crippen molar-refractivity contribution in [3.05, 3.63) is 72.3 Å². The molecule has 3 aromatic rings. The highest BCUT2D eigenvalue weighted by Gasteiger charge is 2.06. The van der Waals surface area contributed by atoms with Crippen LogP contribution in [0.25, 0.3) is 22.3 Å². The quantitative estimate of drug-likeness (QED) is 0.224. The summed E-state index contributed by atoms with van der Waals surface area (Å²) in [5, 5.41) is 0. The Bertz CT molecular complexity index is 973. The second-order valence-corrected chi connectivity index (χ2v) is 9.49. The van der Waals surface area contributed by atoms with Crippen LogP contribution in [-0.2, 0) is 0 Å². The lowest BCUT2D eigenvalue weighted by atomic mass is 9.96. The molecule has 0 aliphatic carbocycles. The molecule has 1 atom stereocenters. The summed E-state index contributed by atoms with van der Waals surface area (Å²) in [7, 11) is 0. The molecular weight excluding hydrogens is 416 g/mol. The van der Waals surface area contributed by atoms with Gasteiger partial charge < -0.3 is 9.47 Å². The van der Waals surface area contributed by atoms with Gasteiger partial charge in [0.05, 0.1) is 13.2 Å². The van der Waals surface area contributed by atoms with Crippen LogP contribution in [0, 0.1) is 12.8 Å². The van der Waals surface area contributed by atoms with E-state index in [4.69, 9.17) is 9.47 Å². The maximum absolute atomic E-state index is 5.94. The first kappa shape index (κ1) is 25.9. The Hall–Kier alpha value is -2.74. The first-order valence-corrected chi connectivity index (χ1v) is 13.2. The molecular formula is C32H42O2. The van der Waals surface area contributed by atoms with Crippen molar-refractivity contribution in [3.8, 4) is 33.8 Å². The zero-order chi connectivity index (χ0) is 24.2. The van der Waals surface area contributed by atoms with Crippen molar-refractivity contribution in [2.45, 2.75) is 72.6 Å². The largest absolute Gasteiger partial charge is 0.494 e. The summed E-state index contributed by atoms with van der Waals surface area (Å²) in [6.07, 6.45) is 8.50. The van der Waals surface area contributed by atoms with Crippen LogP contribution in [0.1, 0.15) is 71.3 Å². The molecule has 0 N–H and O–H groups in total. The van der Waals surface area contributed by atoms with E-state index >= 15 is 0 Å². The van der Waals surface area contributed by atoms with E-state index in [1.54, 1.807) is 0 Å². The number of ether oxygens (including phenoxy) is 2. The Morgan fingerprint density at radius 3 is 1.82 bits per heavy atom. The SMILES string of the molecule is CCCCCCOc1ccc(-c2ccc(-c3ccc(OCCC[C@@H](C)CC)cc3)c(C)c2)cc1. The van der Waals surface area contributed by atoms with Crippen molar-refractivity contribution in [3.63, 3.8) is 0 Å². The highest BCUT2D eigenvalue weighted by molar-refractivity contribution is 5.74. The van der Waals surface area contributed by atoms with E-state index in [2.05, 4.69) is 94.4 Å². The van der Waals surface area contributed by atoms with Gasteiger partial charge in [0, 0.05) is 0 Å². The summed E-state index contributed by atoms with van der Waals surface area (Å²) in [5.74, 6) is 2.69. The van der Waals surface area contributed by atoms with E-state index in [1.165, 1.54) is 59.9 Å². The molecule has 34 heavy (non-hydrogen) atoms. The number of unbranched alkanes of at least 4 members (excludes halogenated alkanes) is 3. The molecule has 0 saturated carbocycles. The number of benzene rings is 3. The molecule has 0 aliphatic heterocycles. The molecule has 3 aromatic carbocycles. The third kappa shape index (κ3) is 7.94. The molecule has 0 aliphatic rings. The van der Waals surface area contributed by atoms with Gasteiger partial charge in [-0.1, -0.05) is 88.9 Å². The molecule has 0 spiro atoms. The standard InChI is InChI=1S/C32H42O2/c1-5-7-8-9-22-33-30-17-12-27(13-18-30)29-16-21-32(26(4)24-29)28-14-19-31(20-15-28)34-23-10-11-25(3)6-2/h12-21,24-25H,5-11,22-23H2,1-4H3/t25-/m0/s1. The lowest BCUT2D eigenvalue weighted by Gasteiger charge is -2.12. The van der Waals surface area contributed by atoms with Crippen molar-refractivity contribution < 1.29 is 9.47 Å². The molecule has 0 amide bonds. The van der Waals surface area contributed by atoms with Crippen LogP contribution in [0.15, 0.2) is 66.7 Å². The Morgan fingerprint density at radius 2 is 1.24 bits per heavy atom. The van der Waals surface area contributed by atoms with Crippen molar-refractivity contribution in [2.24, 2.45) is 5.92 Å². The van der Waals surface area contributed by atoms with Gasteiger partial charge in [0.15, 0.2) is 0 Å². The predicted molar refractivity (Wildman–Crippen MR) is 146 cm³/mol. The highest BCUT2D eigenvalue weighted by Crippen LogP contribution is 2.30. The Kier molecular flexibility index (Phi) is 10.5. The van der Waals surface area contributed by atoms with Gasteiger partial charge in [-0.05, 0) is 84.2 Å². The average molecular weight is 459 g/mol. The average Bonchev–Trinajstić information content (AvgIpc) is 2.87. The summed E-state index contributed by atoms with van der Waals surface area (Å²) in [5.41, 5.74) is 6.21. The number of rotatable bonds is 14. The van der Waals surface area contributed by atoms with Crippen molar-refractivity contribution >= 4 is 0 Å². The summed E-state index contributed by atoms with van der Waals surface area (Å²) in [4.78, 5) is 0. The molecule has 3 rings (SSSR count). The number of hydrogen-bond acceptors (Lipinski definition) is 2. The second-order valence-electron chi connectivity index (χ2n) is 9.49. The van der Waals surface area contributed by atoms with Gasteiger partial charge in [-0.15, -0.1) is 0 Å². The van der Waals surface area contributed by atoms with E-state index in [0.29, 0.717) is 0 Å². The van der Waals surface area contributed by atoms with Crippen LogP contribution in [0.3, 0.4) is 0 Å². The van der Waals surface area contributed by atoms with E-state index in [1.807, 2.05) is 0 Å². The first-order valence-electron chi connectivity index (χ1n) is 13.2. The van der Waals surface area contributed by atoms with Crippen LogP contribution in [-0.4, -0.2) is 13.2 Å². The maximum atomic E-state index is 5.94. The third-order valence-corrected chi connectivity index (χ3v) is 6.65. The number of hydrogen-bond donors (Lipinski definition) is 0. The normalized spacial score (nSPS) is 11.9. The van der Waals surface area contributed by atoms with Gasteiger partial charge in [-0.3, -0.25) is 0 Å². The molecule has 0 bridgehead atoms. The minimum absolute atomic E-state index is 0.781. The lowest BCUT2D eigenvalue weighted by molar-refractivity contribution is 0.294. The van der Waals surface area contributed by atoms with Crippen LogP contribution in [0.5, 0.6) is 11.5 Å². The molecule has 182 valence electrons. The molecule has 2 heteroatoms. The molecule has 0 radical (unpaired) electrons. The second kappa shape index (κ2) is 13.8. The van der Waals surface area contributed by atoms with Gasteiger partial charge >= 0.3 is 0 Å². The van der Waals surface area contributed by atoms with Crippen LogP contribution in [0.4, 0.5) is 0 Å². The Morgan fingerprint density at radius 1 is 0.647 bits per heavy atom. The Balaban J connectivity index is 1.56. The summed E-state index contributed by atoms with van der Waals surface area (Å²) in [6.45, 7) is 10.6. The van der Waals surface area contributed by atoms with Crippen molar-refractivity contribution in [1.82, 2.24) is 0 Å². The van der Waals surface area contributed by atoms with Gasteiger partial charge in [0.1, 0.15) is 11.5 Å². The van der Waals surface area contributed by atoms with Crippen LogP contribution >= 0.6 is 0 Å². The fourth-order valence-corrected chi connectivity index (χ4v) is 4.19. The van der Waals surface area contributed by atoms with E-state index in [9.17, 15) is 0 Å². The molecule has 0 aromatic heterocycles. The van der Waals surface area contributed by atoms with E-state index in [0.717, 1.165) is 43.5 Å². The maximum Gasteiger partial charge on any atom is 0.119 e. The van der Waals surface area contributed by atoms with E-state index in [-0.39, 0.29) is 0 Å². The predicted octanol–water partition coefficient (Wildman–Crippen LogP) is 9.49. The van der Waals surface area contributed by atoms with Crippen LogP contribution in [0.2, 0.25) is 0 Å². The smallest absolute Gasteiger partial charge is 0.119 e. The van der Waals surface area contributed by atoms with Gasteiger partial charge in [0.25, 0.3) is 0 Å². The minimum Gasteiger partial charge on any atom is -0.494 e.